The lowest BCUT2D eigenvalue weighted by molar-refractivity contribution is -0.139. The Labute approximate surface area is 222 Å². The predicted octanol–water partition coefficient (Wildman–Crippen LogP) is 4.10. The van der Waals surface area contributed by atoms with E-state index in [0.717, 1.165) is 10.8 Å². The van der Waals surface area contributed by atoms with Gasteiger partial charge in [-0.2, -0.15) is 0 Å². The van der Waals surface area contributed by atoms with Gasteiger partial charge in [-0.3, -0.25) is 9.36 Å². The average molecular weight is 527 g/mol. The van der Waals surface area contributed by atoms with Gasteiger partial charge in [0.1, 0.15) is 18.2 Å². The molecule has 0 fully saturated rings. The molecule has 8 heteroatoms. The lowest BCUT2D eigenvalue weighted by Crippen LogP contribution is -2.39. The monoisotopic (exact) mass is 526 g/mol. The number of rotatable bonds is 6. The summed E-state index contributed by atoms with van der Waals surface area (Å²) in [6.45, 7) is 3.65. The van der Waals surface area contributed by atoms with Crippen molar-refractivity contribution in [2.75, 3.05) is 13.2 Å². The van der Waals surface area contributed by atoms with Crippen molar-refractivity contribution < 1.29 is 18.7 Å². The Morgan fingerprint density at radius 3 is 2.68 bits per heavy atom. The van der Waals surface area contributed by atoms with Crippen LogP contribution in [0.3, 0.4) is 0 Å². The smallest absolute Gasteiger partial charge is 0.338 e. The van der Waals surface area contributed by atoms with Crippen LogP contribution in [0.15, 0.2) is 81.7 Å². The van der Waals surface area contributed by atoms with Crippen LogP contribution in [-0.4, -0.2) is 23.8 Å². The van der Waals surface area contributed by atoms with Gasteiger partial charge in [0, 0.05) is 5.56 Å². The van der Waals surface area contributed by atoms with Gasteiger partial charge in [-0.25, -0.2) is 14.2 Å². The van der Waals surface area contributed by atoms with E-state index in [1.54, 1.807) is 32.1 Å². The molecule has 3 aromatic carbocycles. The summed E-state index contributed by atoms with van der Waals surface area (Å²) in [6, 6.07) is 16.4. The molecule has 190 valence electrons. The first-order chi connectivity index (χ1) is 18.4. The molecule has 1 aliphatic rings. The highest BCUT2D eigenvalue weighted by atomic mass is 32.1. The Bertz CT molecular complexity index is 1810. The number of benzene rings is 3. The summed E-state index contributed by atoms with van der Waals surface area (Å²) < 4.78 is 26.7. The zero-order valence-corrected chi connectivity index (χ0v) is 21.5. The molecule has 5 rings (SSSR count). The van der Waals surface area contributed by atoms with Gasteiger partial charge in [-0.15, -0.1) is 6.42 Å². The third-order valence-electron chi connectivity index (χ3n) is 6.22. The van der Waals surface area contributed by atoms with Crippen LogP contribution in [0.5, 0.6) is 5.75 Å². The van der Waals surface area contributed by atoms with Crippen LogP contribution in [0.1, 0.15) is 31.0 Å². The van der Waals surface area contributed by atoms with Crippen LogP contribution in [0, 0.1) is 18.2 Å². The summed E-state index contributed by atoms with van der Waals surface area (Å²) in [4.78, 5) is 31.9. The fraction of sp³-hybridized carbons (Fsp3) is 0.167. The van der Waals surface area contributed by atoms with Gasteiger partial charge in [-0.1, -0.05) is 59.7 Å². The molecule has 0 unspecified atom stereocenters. The molecule has 0 saturated carbocycles. The lowest BCUT2D eigenvalue weighted by Gasteiger charge is -2.24. The molecule has 0 bridgehead atoms. The molecule has 0 radical (unpaired) electrons. The van der Waals surface area contributed by atoms with Crippen LogP contribution in [0.2, 0.25) is 0 Å². The number of halogens is 1. The topological polar surface area (TPSA) is 69.9 Å². The van der Waals surface area contributed by atoms with E-state index in [0.29, 0.717) is 31.9 Å². The number of hydrogen-bond donors (Lipinski definition) is 0. The molecular weight excluding hydrogens is 503 g/mol. The summed E-state index contributed by atoms with van der Waals surface area (Å²) in [5, 5.41) is 1.87. The zero-order chi connectivity index (χ0) is 26.8. The molecule has 0 N–H and O–H groups in total. The molecule has 4 aromatic rings. The Morgan fingerprint density at radius 1 is 1.18 bits per heavy atom. The summed E-state index contributed by atoms with van der Waals surface area (Å²) in [5.41, 5.74) is 1.62. The predicted molar refractivity (Wildman–Crippen MR) is 145 cm³/mol. The van der Waals surface area contributed by atoms with Gasteiger partial charge < -0.3 is 9.47 Å². The van der Waals surface area contributed by atoms with Crippen molar-refractivity contribution in [2.24, 2.45) is 4.99 Å². The quantitative estimate of drug-likeness (QED) is 0.280. The van der Waals surface area contributed by atoms with Crippen molar-refractivity contribution in [3.63, 3.8) is 0 Å². The Balaban J connectivity index is 1.77. The van der Waals surface area contributed by atoms with E-state index in [9.17, 15) is 14.0 Å². The van der Waals surface area contributed by atoms with Crippen LogP contribution in [0.25, 0.3) is 16.8 Å². The number of carbonyl (C=O) groups excluding carboxylic acids is 1. The lowest BCUT2D eigenvalue weighted by atomic mass is 9.96. The number of terminal acetylenes is 1. The van der Waals surface area contributed by atoms with Crippen LogP contribution in [0.4, 0.5) is 4.39 Å². The molecule has 1 aliphatic heterocycles. The molecule has 0 aliphatic carbocycles. The third kappa shape index (κ3) is 4.53. The van der Waals surface area contributed by atoms with Gasteiger partial charge in [-0.05, 0) is 54.5 Å². The van der Waals surface area contributed by atoms with E-state index in [4.69, 9.17) is 15.9 Å². The van der Waals surface area contributed by atoms with Crippen molar-refractivity contribution >= 4 is 34.2 Å². The minimum Gasteiger partial charge on any atom is -0.480 e. The van der Waals surface area contributed by atoms with Gasteiger partial charge in [0.2, 0.25) is 0 Å². The number of hydrogen-bond acceptors (Lipinski definition) is 6. The maximum atomic E-state index is 13.9. The highest BCUT2D eigenvalue weighted by Gasteiger charge is 2.33. The standard InChI is InChI=1S/C30H23FN2O4S/c1-4-16-37-24-15-12-19-8-6-7-9-22(19)23(24)17-25-28(34)33-27(20-10-13-21(31)14-11-20)26(29(35)36-5-2)18(3)32-30(33)38-25/h1,6-15,17,27H,5,16H2,2-3H3/t27-/m0/s1. The first-order valence-corrected chi connectivity index (χ1v) is 12.8. The van der Waals surface area contributed by atoms with Gasteiger partial charge in [0.05, 0.1) is 28.5 Å². The van der Waals surface area contributed by atoms with Gasteiger partial charge >= 0.3 is 5.97 Å². The Kier molecular flexibility index (Phi) is 6.95. The second-order valence-electron chi connectivity index (χ2n) is 8.55. The van der Waals surface area contributed by atoms with Crippen LogP contribution in [-0.2, 0) is 9.53 Å². The fourth-order valence-corrected chi connectivity index (χ4v) is 5.58. The van der Waals surface area contributed by atoms with E-state index >= 15 is 0 Å². The highest BCUT2D eigenvalue weighted by Crippen LogP contribution is 2.31. The summed E-state index contributed by atoms with van der Waals surface area (Å²) in [6.07, 6.45) is 7.19. The number of esters is 1. The Hall–Kier alpha value is -4.48. The molecule has 0 spiro atoms. The number of carbonyl (C=O) groups is 1. The SMILES string of the molecule is C#CCOc1ccc2ccccc2c1C=c1sc2n(c1=O)[C@@H](c1ccc(F)cc1)C(C(=O)OCC)=C(C)N=2. The molecule has 38 heavy (non-hydrogen) atoms. The first-order valence-electron chi connectivity index (χ1n) is 12.0. The molecular formula is C30H23FN2O4S. The van der Waals surface area contributed by atoms with E-state index in [2.05, 4.69) is 10.9 Å². The number of nitrogens with zero attached hydrogens (tertiary/aromatic N) is 2. The third-order valence-corrected chi connectivity index (χ3v) is 7.20. The van der Waals surface area contributed by atoms with Crippen LogP contribution < -0.4 is 19.6 Å². The van der Waals surface area contributed by atoms with Crippen LogP contribution >= 0.6 is 11.3 Å². The maximum Gasteiger partial charge on any atom is 0.338 e. The number of fused-ring (bicyclic) bond motifs is 2. The number of allylic oxidation sites excluding steroid dienone is 1. The second-order valence-corrected chi connectivity index (χ2v) is 9.55. The number of aromatic nitrogens is 1. The van der Waals surface area contributed by atoms with Gasteiger partial charge in [0.15, 0.2) is 4.80 Å². The Morgan fingerprint density at radius 2 is 1.95 bits per heavy atom. The van der Waals surface area contributed by atoms with E-state index in [-0.39, 0.29) is 24.3 Å². The minimum atomic E-state index is -0.822. The van der Waals surface area contributed by atoms with Gasteiger partial charge in [0.25, 0.3) is 5.56 Å². The second kappa shape index (κ2) is 10.5. The zero-order valence-electron chi connectivity index (χ0n) is 20.7. The van der Waals surface area contributed by atoms with E-state index < -0.39 is 17.8 Å². The summed E-state index contributed by atoms with van der Waals surface area (Å²) in [5.74, 6) is 2.03. The molecule has 6 nitrogen and oxygen atoms in total. The van der Waals surface area contributed by atoms with E-state index in [1.807, 2.05) is 36.4 Å². The molecule has 0 amide bonds. The average Bonchev–Trinajstić information content (AvgIpc) is 3.22. The van der Waals surface area contributed by atoms with Crippen molar-refractivity contribution in [1.82, 2.24) is 4.57 Å². The molecule has 2 heterocycles. The fourth-order valence-electron chi connectivity index (χ4n) is 4.55. The van der Waals surface area contributed by atoms with E-state index in [1.165, 1.54) is 28.0 Å². The number of thiazole rings is 1. The first kappa shape index (κ1) is 25.2. The summed E-state index contributed by atoms with van der Waals surface area (Å²) in [7, 11) is 0. The minimum absolute atomic E-state index is 0.0765. The molecule has 1 aromatic heterocycles. The highest BCUT2D eigenvalue weighted by molar-refractivity contribution is 7.07. The van der Waals surface area contributed by atoms with Crippen molar-refractivity contribution in [1.29, 1.82) is 0 Å². The largest absolute Gasteiger partial charge is 0.480 e. The maximum absolute atomic E-state index is 13.9. The normalized spacial score (nSPS) is 15.1. The van der Waals surface area contributed by atoms with Crippen molar-refractivity contribution in [2.45, 2.75) is 19.9 Å². The van der Waals surface area contributed by atoms with Crippen molar-refractivity contribution in [3.05, 3.63) is 109 Å². The van der Waals surface area contributed by atoms with Crippen molar-refractivity contribution in [3.8, 4) is 18.1 Å². The number of ether oxygens (including phenoxy) is 2. The molecule has 1 atom stereocenters. The summed E-state index contributed by atoms with van der Waals surface area (Å²) >= 11 is 1.20. The molecule has 0 saturated heterocycles.